The number of amides is 1. The van der Waals surface area contributed by atoms with Crippen molar-refractivity contribution in [3.05, 3.63) is 11.3 Å². The first-order valence-electron chi connectivity index (χ1n) is 6.99. The van der Waals surface area contributed by atoms with Gasteiger partial charge in [-0.25, -0.2) is 14.6 Å². The number of hydrogen-bond donors (Lipinski definition) is 0. The van der Waals surface area contributed by atoms with Crippen molar-refractivity contribution < 1.29 is 23.9 Å². The first-order chi connectivity index (χ1) is 9.95. The Balaban J connectivity index is 2.21. The Hall–Kier alpha value is -1.89. The predicted octanol–water partition coefficient (Wildman–Crippen LogP) is 0.361. The van der Waals surface area contributed by atoms with Crippen molar-refractivity contribution >= 4 is 17.8 Å². The second kappa shape index (κ2) is 4.56. The van der Waals surface area contributed by atoms with Gasteiger partial charge in [0.2, 0.25) is 5.91 Å². The average molecular weight is 294 g/mol. The van der Waals surface area contributed by atoms with E-state index in [-0.39, 0.29) is 23.2 Å². The molecule has 0 aromatic heterocycles. The number of methoxy groups -OCH3 is 2. The minimum Gasteiger partial charge on any atom is -0.466 e. The Labute approximate surface area is 122 Å². The lowest BCUT2D eigenvalue weighted by molar-refractivity contribution is -0.149. The van der Waals surface area contributed by atoms with Crippen molar-refractivity contribution in [3.8, 4) is 0 Å². The minimum atomic E-state index is -0.689. The van der Waals surface area contributed by atoms with Gasteiger partial charge in [0.05, 0.1) is 25.3 Å². The Morgan fingerprint density at radius 3 is 2.52 bits per heavy atom. The van der Waals surface area contributed by atoms with Crippen LogP contribution in [-0.2, 0) is 23.9 Å². The molecular weight excluding hydrogens is 276 g/mol. The summed E-state index contributed by atoms with van der Waals surface area (Å²) in [4.78, 5) is 36.7. The molecule has 114 valence electrons. The summed E-state index contributed by atoms with van der Waals surface area (Å²) in [5, 5.41) is 3.21. The zero-order chi connectivity index (χ0) is 15.4. The Morgan fingerprint density at radius 1 is 1.24 bits per heavy atom. The third kappa shape index (κ3) is 1.67. The molecule has 2 saturated heterocycles. The Bertz CT molecular complexity index is 570. The van der Waals surface area contributed by atoms with Crippen LogP contribution in [-0.4, -0.2) is 53.7 Å². The molecule has 2 fully saturated rings. The summed E-state index contributed by atoms with van der Waals surface area (Å²) in [5.41, 5.74) is -0.443. The van der Waals surface area contributed by atoms with Gasteiger partial charge in [0.15, 0.2) is 5.70 Å². The zero-order valence-electron chi connectivity index (χ0n) is 12.3. The van der Waals surface area contributed by atoms with Crippen LogP contribution in [0.15, 0.2) is 11.3 Å². The van der Waals surface area contributed by atoms with Crippen LogP contribution in [0, 0.1) is 0 Å². The number of esters is 2. The molecule has 0 saturated carbocycles. The van der Waals surface area contributed by atoms with E-state index in [0.29, 0.717) is 12.8 Å². The topological polar surface area (TPSA) is 76.2 Å². The average Bonchev–Trinajstić information content (AvgIpc) is 2.94. The minimum absolute atomic E-state index is 0.0150. The van der Waals surface area contributed by atoms with Crippen LogP contribution in [0.5, 0.6) is 0 Å². The highest BCUT2D eigenvalue weighted by Gasteiger charge is 2.61. The summed E-state index contributed by atoms with van der Waals surface area (Å²) in [6.45, 7) is 1.88. The molecule has 1 amide bonds. The molecule has 7 heteroatoms. The lowest BCUT2D eigenvalue weighted by Crippen LogP contribution is -2.54. The highest BCUT2D eigenvalue weighted by molar-refractivity contribution is 6.06. The fourth-order valence-corrected chi connectivity index (χ4v) is 3.84. The molecule has 3 heterocycles. The van der Waals surface area contributed by atoms with Crippen molar-refractivity contribution in [3.63, 3.8) is 0 Å². The molecule has 0 aliphatic carbocycles. The van der Waals surface area contributed by atoms with Crippen molar-refractivity contribution in [2.24, 2.45) is 0 Å². The Kier molecular flexibility index (Phi) is 3.05. The summed E-state index contributed by atoms with van der Waals surface area (Å²) >= 11 is 0. The molecular formula is C14H18N2O5. The second-order valence-corrected chi connectivity index (χ2v) is 5.78. The van der Waals surface area contributed by atoms with E-state index < -0.39 is 17.5 Å². The van der Waals surface area contributed by atoms with E-state index >= 15 is 0 Å². The van der Waals surface area contributed by atoms with Gasteiger partial charge in [-0.05, 0) is 26.2 Å². The molecule has 21 heavy (non-hydrogen) atoms. The number of carbonyl (C=O) groups excluding carboxylic acids is 3. The van der Waals surface area contributed by atoms with Gasteiger partial charge in [-0.3, -0.25) is 4.79 Å². The quantitative estimate of drug-likeness (QED) is 0.685. The van der Waals surface area contributed by atoms with Gasteiger partial charge in [0.25, 0.3) is 0 Å². The van der Waals surface area contributed by atoms with E-state index in [1.165, 1.54) is 19.2 Å². The summed E-state index contributed by atoms with van der Waals surface area (Å²) in [5.74, 6) is -1.44. The number of hydrogen-bond acceptors (Lipinski definition) is 6. The van der Waals surface area contributed by atoms with Crippen LogP contribution in [0.3, 0.4) is 0 Å². The number of ether oxygens (including phenoxy) is 2. The largest absolute Gasteiger partial charge is 0.466 e. The maximum Gasteiger partial charge on any atom is 0.356 e. The molecule has 0 aromatic carbocycles. The van der Waals surface area contributed by atoms with Crippen molar-refractivity contribution in [2.45, 2.75) is 44.2 Å². The fourth-order valence-electron chi connectivity index (χ4n) is 3.84. The first-order valence-corrected chi connectivity index (χ1v) is 6.99. The second-order valence-electron chi connectivity index (χ2n) is 5.78. The highest BCUT2D eigenvalue weighted by atomic mass is 16.5. The van der Waals surface area contributed by atoms with Gasteiger partial charge in [0, 0.05) is 12.5 Å². The van der Waals surface area contributed by atoms with Gasteiger partial charge in [-0.2, -0.15) is 5.01 Å². The van der Waals surface area contributed by atoms with E-state index in [4.69, 9.17) is 9.47 Å². The van der Waals surface area contributed by atoms with E-state index in [1.807, 2.05) is 11.9 Å². The smallest absolute Gasteiger partial charge is 0.356 e. The van der Waals surface area contributed by atoms with Gasteiger partial charge < -0.3 is 9.47 Å². The van der Waals surface area contributed by atoms with E-state index in [9.17, 15) is 14.4 Å². The fraction of sp³-hybridized carbons (Fsp3) is 0.643. The molecule has 2 atom stereocenters. The lowest BCUT2D eigenvalue weighted by atomic mass is 9.80. The maximum atomic E-state index is 12.3. The van der Waals surface area contributed by atoms with Crippen molar-refractivity contribution in [2.75, 3.05) is 14.2 Å². The van der Waals surface area contributed by atoms with Crippen LogP contribution in [0.25, 0.3) is 0 Å². The van der Waals surface area contributed by atoms with Crippen molar-refractivity contribution in [1.82, 2.24) is 10.0 Å². The standard InChI is InChI=1S/C14H18N2O5/c1-14-6-4-5-8-7-9(17)15(16(8)14)11(13(19)21-3)10(14)12(18)20-2/h8H,4-7H2,1-3H3/t8-,14-/m0/s1. The molecule has 0 unspecified atom stereocenters. The monoisotopic (exact) mass is 294 g/mol. The predicted molar refractivity (Wildman–Crippen MR) is 70.4 cm³/mol. The number of piperidine rings is 1. The third-order valence-corrected chi connectivity index (χ3v) is 4.67. The lowest BCUT2D eigenvalue weighted by Gasteiger charge is -2.43. The molecule has 3 aliphatic rings. The van der Waals surface area contributed by atoms with Gasteiger partial charge in [-0.15, -0.1) is 0 Å². The van der Waals surface area contributed by atoms with Gasteiger partial charge in [0.1, 0.15) is 0 Å². The number of rotatable bonds is 2. The molecule has 0 bridgehead atoms. The summed E-state index contributed by atoms with van der Waals surface area (Å²) < 4.78 is 9.63. The summed E-state index contributed by atoms with van der Waals surface area (Å²) in [7, 11) is 2.51. The molecule has 3 aliphatic heterocycles. The number of carbonyl (C=O) groups is 3. The molecule has 0 spiro atoms. The first kappa shape index (κ1) is 14.1. The molecule has 0 aromatic rings. The Morgan fingerprint density at radius 2 is 1.90 bits per heavy atom. The number of hydrazine groups is 1. The molecule has 0 N–H and O–H groups in total. The zero-order valence-corrected chi connectivity index (χ0v) is 12.3. The van der Waals surface area contributed by atoms with Crippen LogP contribution < -0.4 is 0 Å². The molecule has 3 rings (SSSR count). The van der Waals surface area contributed by atoms with Crippen LogP contribution in [0.1, 0.15) is 32.6 Å². The van der Waals surface area contributed by atoms with Crippen LogP contribution >= 0.6 is 0 Å². The van der Waals surface area contributed by atoms with Gasteiger partial charge >= 0.3 is 11.9 Å². The molecule has 7 nitrogen and oxygen atoms in total. The molecule has 0 radical (unpaired) electrons. The third-order valence-electron chi connectivity index (χ3n) is 4.67. The van der Waals surface area contributed by atoms with Crippen LogP contribution in [0.4, 0.5) is 0 Å². The summed E-state index contributed by atoms with van der Waals surface area (Å²) in [6, 6.07) is 0.0260. The number of nitrogens with zero attached hydrogens (tertiary/aromatic N) is 2. The van der Waals surface area contributed by atoms with Crippen LogP contribution in [0.2, 0.25) is 0 Å². The normalized spacial score (nSPS) is 31.5. The maximum absolute atomic E-state index is 12.3. The van der Waals surface area contributed by atoms with E-state index in [0.717, 1.165) is 12.8 Å². The van der Waals surface area contributed by atoms with Gasteiger partial charge in [-0.1, -0.05) is 0 Å². The van der Waals surface area contributed by atoms with Crippen molar-refractivity contribution in [1.29, 1.82) is 0 Å². The highest BCUT2D eigenvalue weighted by Crippen LogP contribution is 2.50. The van der Waals surface area contributed by atoms with E-state index in [1.54, 1.807) is 0 Å². The summed E-state index contributed by atoms with van der Waals surface area (Å²) in [6.07, 6.45) is 2.83. The van der Waals surface area contributed by atoms with E-state index in [2.05, 4.69) is 0 Å². The SMILES string of the molecule is COC(=O)C1=C(C(=O)OC)[C@]2(C)CCC[C@H]3CC(=O)N1N32.